The molecule has 0 unspecified atom stereocenters. The van der Waals surface area contributed by atoms with E-state index < -0.39 is 12.0 Å². The Bertz CT molecular complexity index is 716. The minimum absolute atomic E-state index is 0.177. The summed E-state index contributed by atoms with van der Waals surface area (Å²) < 4.78 is 0. The van der Waals surface area contributed by atoms with Crippen molar-refractivity contribution in [1.82, 2.24) is 5.32 Å². The maximum Gasteiger partial charge on any atom is 0.248 e. The number of amides is 1. The molecule has 0 fully saturated rings. The van der Waals surface area contributed by atoms with Crippen LogP contribution in [-0.2, 0) is 6.42 Å². The highest BCUT2D eigenvalue weighted by Gasteiger charge is 2.12. The summed E-state index contributed by atoms with van der Waals surface area (Å²) in [5.74, 6) is -0.889. The Hall–Kier alpha value is -2.57. The van der Waals surface area contributed by atoms with Crippen LogP contribution in [-0.4, -0.2) is 33.8 Å². The number of aliphatic hydroxyl groups is 1. The molecule has 0 bridgehead atoms. The zero-order valence-electron chi connectivity index (χ0n) is 14.1. The highest BCUT2D eigenvalue weighted by Crippen LogP contribution is 2.27. The Morgan fingerprint density at radius 1 is 1.12 bits per heavy atom. The zero-order chi connectivity index (χ0) is 18.4. The first-order valence-corrected chi connectivity index (χ1v) is 8.19. The topological polar surface area (TPSA) is 116 Å². The fourth-order valence-electron chi connectivity index (χ4n) is 2.50. The van der Waals surface area contributed by atoms with Gasteiger partial charge in [0.15, 0.2) is 11.5 Å². The Labute approximate surface area is 146 Å². The number of benzene rings is 2. The molecule has 0 aliphatic rings. The molecule has 6 nitrogen and oxygen atoms in total. The summed E-state index contributed by atoms with van der Waals surface area (Å²) in [6, 6.07) is 11.7. The summed E-state index contributed by atoms with van der Waals surface area (Å²) >= 11 is 0. The number of hydrogen-bond acceptors (Lipinski definition) is 5. The molecule has 0 heterocycles. The van der Waals surface area contributed by atoms with Gasteiger partial charge in [-0.2, -0.15) is 0 Å². The van der Waals surface area contributed by atoms with E-state index in [4.69, 9.17) is 5.73 Å². The number of rotatable bonds is 8. The molecule has 2 rings (SSSR count). The van der Waals surface area contributed by atoms with Crippen LogP contribution in [0.15, 0.2) is 42.5 Å². The summed E-state index contributed by atoms with van der Waals surface area (Å²) in [6.45, 7) is 2.37. The summed E-state index contributed by atoms with van der Waals surface area (Å²) in [6.07, 6.45) is 0.927. The average molecular weight is 344 g/mol. The number of hydrogen-bond donors (Lipinski definition) is 5. The van der Waals surface area contributed by atoms with E-state index in [0.29, 0.717) is 17.7 Å². The lowest BCUT2D eigenvalue weighted by molar-refractivity contribution is 0.1000. The van der Waals surface area contributed by atoms with Gasteiger partial charge in [0, 0.05) is 18.2 Å². The van der Waals surface area contributed by atoms with Crippen LogP contribution >= 0.6 is 0 Å². The number of nitrogens with one attached hydrogen (secondary N) is 1. The van der Waals surface area contributed by atoms with Crippen LogP contribution in [0.4, 0.5) is 0 Å². The minimum Gasteiger partial charge on any atom is -0.504 e. The number of carbonyl (C=O) groups is 1. The van der Waals surface area contributed by atoms with Crippen LogP contribution in [0.5, 0.6) is 11.5 Å². The number of phenols is 2. The van der Waals surface area contributed by atoms with Crippen molar-refractivity contribution in [1.29, 1.82) is 0 Å². The van der Waals surface area contributed by atoms with Gasteiger partial charge < -0.3 is 26.4 Å². The quantitative estimate of drug-likeness (QED) is 0.469. The molecular formula is C19H24N2O4. The molecule has 0 saturated heterocycles. The molecule has 2 aromatic rings. The van der Waals surface area contributed by atoms with Gasteiger partial charge in [-0.1, -0.05) is 18.2 Å². The lowest BCUT2D eigenvalue weighted by Gasteiger charge is -2.18. The molecule has 6 heteroatoms. The third kappa shape index (κ3) is 5.48. The molecule has 0 spiro atoms. The molecular weight excluding hydrogens is 320 g/mol. The van der Waals surface area contributed by atoms with Crippen molar-refractivity contribution in [3.63, 3.8) is 0 Å². The fourth-order valence-corrected chi connectivity index (χ4v) is 2.50. The van der Waals surface area contributed by atoms with Crippen LogP contribution in [0, 0.1) is 0 Å². The second kappa shape index (κ2) is 8.50. The van der Waals surface area contributed by atoms with E-state index in [-0.39, 0.29) is 17.5 Å². The van der Waals surface area contributed by atoms with Crippen LogP contribution in [0.2, 0.25) is 0 Å². The van der Waals surface area contributed by atoms with Crippen LogP contribution < -0.4 is 11.1 Å². The van der Waals surface area contributed by atoms with Crippen LogP contribution in [0.25, 0.3) is 0 Å². The highest BCUT2D eigenvalue weighted by atomic mass is 16.3. The predicted octanol–water partition coefficient (Wildman–Crippen LogP) is 1.84. The van der Waals surface area contributed by atoms with Gasteiger partial charge in [-0.05, 0) is 55.2 Å². The number of aryl methyl sites for hydroxylation is 1. The molecule has 0 radical (unpaired) electrons. The van der Waals surface area contributed by atoms with Crippen LogP contribution in [0.3, 0.4) is 0 Å². The molecule has 2 aromatic carbocycles. The standard InChI is InChI=1S/C19H24N2O4/c1-12(2-3-13-4-6-14(7-5-13)19(20)25)21-11-18(24)15-8-9-16(22)17(23)10-15/h4-10,12,18,21-24H,2-3,11H2,1H3,(H2,20,25)/t12-,18+/m0/s1. The van der Waals surface area contributed by atoms with Gasteiger partial charge in [0.1, 0.15) is 0 Å². The van der Waals surface area contributed by atoms with E-state index in [1.165, 1.54) is 12.1 Å². The monoisotopic (exact) mass is 344 g/mol. The molecule has 0 aliphatic heterocycles. The summed E-state index contributed by atoms with van der Waals surface area (Å²) in [7, 11) is 0. The lowest BCUT2D eigenvalue weighted by Crippen LogP contribution is -2.30. The Kier molecular flexibility index (Phi) is 6.38. The normalized spacial score (nSPS) is 13.4. The van der Waals surface area contributed by atoms with Crippen molar-refractivity contribution in [3.05, 3.63) is 59.2 Å². The molecule has 0 aliphatic carbocycles. The summed E-state index contributed by atoms with van der Waals surface area (Å²) in [5, 5.41) is 32.2. The second-order valence-corrected chi connectivity index (χ2v) is 6.17. The lowest BCUT2D eigenvalue weighted by atomic mass is 10.0. The van der Waals surface area contributed by atoms with Crippen molar-refractivity contribution in [3.8, 4) is 11.5 Å². The van der Waals surface area contributed by atoms with Gasteiger partial charge in [0.25, 0.3) is 0 Å². The number of aromatic hydroxyl groups is 2. The van der Waals surface area contributed by atoms with Gasteiger partial charge in [-0.15, -0.1) is 0 Å². The number of carbonyl (C=O) groups excluding carboxylic acids is 1. The van der Waals surface area contributed by atoms with Crippen molar-refractivity contribution in [2.24, 2.45) is 5.73 Å². The SMILES string of the molecule is C[C@@H](CCc1ccc(C(N)=O)cc1)NC[C@@H](O)c1ccc(O)c(O)c1. The number of aliphatic hydroxyl groups excluding tert-OH is 1. The van der Waals surface area contributed by atoms with Gasteiger partial charge >= 0.3 is 0 Å². The largest absolute Gasteiger partial charge is 0.504 e. The maximum absolute atomic E-state index is 11.0. The van der Waals surface area contributed by atoms with E-state index in [2.05, 4.69) is 5.32 Å². The molecule has 0 aromatic heterocycles. The maximum atomic E-state index is 11.0. The van der Waals surface area contributed by atoms with Crippen molar-refractivity contribution < 1.29 is 20.1 Å². The van der Waals surface area contributed by atoms with Gasteiger partial charge in [-0.3, -0.25) is 4.79 Å². The van der Waals surface area contributed by atoms with Crippen LogP contribution in [0.1, 0.15) is 40.9 Å². The summed E-state index contributed by atoms with van der Waals surface area (Å²) in [4.78, 5) is 11.0. The minimum atomic E-state index is -0.774. The average Bonchev–Trinajstić information content (AvgIpc) is 2.60. The first-order valence-electron chi connectivity index (χ1n) is 8.19. The van der Waals surface area contributed by atoms with E-state index in [1.54, 1.807) is 18.2 Å². The Balaban J connectivity index is 1.78. The van der Waals surface area contributed by atoms with Crippen molar-refractivity contribution >= 4 is 5.91 Å². The first-order chi connectivity index (χ1) is 11.9. The number of phenolic OH excluding ortho intramolecular Hbond substituents is 2. The smallest absolute Gasteiger partial charge is 0.248 e. The zero-order valence-corrected chi connectivity index (χ0v) is 14.1. The first kappa shape index (κ1) is 18.8. The predicted molar refractivity (Wildman–Crippen MR) is 95.5 cm³/mol. The van der Waals surface area contributed by atoms with E-state index in [9.17, 15) is 20.1 Å². The number of primary amides is 1. The van der Waals surface area contributed by atoms with E-state index in [0.717, 1.165) is 18.4 Å². The molecule has 0 saturated carbocycles. The number of nitrogens with two attached hydrogens (primary N) is 1. The van der Waals surface area contributed by atoms with E-state index >= 15 is 0 Å². The van der Waals surface area contributed by atoms with Gasteiger partial charge in [0.2, 0.25) is 5.91 Å². The van der Waals surface area contributed by atoms with Crippen molar-refractivity contribution in [2.75, 3.05) is 6.54 Å². The van der Waals surface area contributed by atoms with E-state index in [1.807, 2.05) is 19.1 Å². The molecule has 6 N–H and O–H groups in total. The van der Waals surface area contributed by atoms with Gasteiger partial charge in [0.05, 0.1) is 6.10 Å². The Morgan fingerprint density at radius 2 is 1.80 bits per heavy atom. The van der Waals surface area contributed by atoms with Gasteiger partial charge in [-0.25, -0.2) is 0 Å². The third-order valence-electron chi connectivity index (χ3n) is 4.15. The molecule has 1 amide bonds. The molecule has 25 heavy (non-hydrogen) atoms. The molecule has 2 atom stereocenters. The molecule has 134 valence electrons. The summed E-state index contributed by atoms with van der Waals surface area (Å²) in [5.41, 5.74) is 7.37. The fraction of sp³-hybridized carbons (Fsp3) is 0.316. The third-order valence-corrected chi connectivity index (χ3v) is 4.15. The van der Waals surface area contributed by atoms with Crippen molar-refractivity contribution in [2.45, 2.75) is 31.9 Å². The second-order valence-electron chi connectivity index (χ2n) is 6.17. The highest BCUT2D eigenvalue weighted by molar-refractivity contribution is 5.92. The Morgan fingerprint density at radius 3 is 2.40 bits per heavy atom.